The second-order valence-corrected chi connectivity index (χ2v) is 9.88. The highest BCUT2D eigenvalue weighted by atomic mass is 16.2. The van der Waals surface area contributed by atoms with Crippen LogP contribution in [0.15, 0.2) is 18.2 Å². The van der Waals surface area contributed by atoms with E-state index in [4.69, 9.17) is 0 Å². The number of hydrogen-bond donors (Lipinski definition) is 2. The molecule has 3 saturated carbocycles. The minimum absolute atomic E-state index is 0.117. The van der Waals surface area contributed by atoms with E-state index in [0.29, 0.717) is 29.8 Å². The Morgan fingerprint density at radius 2 is 1.81 bits per heavy atom. The lowest BCUT2D eigenvalue weighted by molar-refractivity contribution is -0.152. The van der Waals surface area contributed by atoms with Gasteiger partial charge in [-0.05, 0) is 55.4 Å². The van der Waals surface area contributed by atoms with Crippen LogP contribution in [0.1, 0.15) is 48.0 Å². The molecule has 1 unspecified atom stereocenters. The van der Waals surface area contributed by atoms with E-state index in [1.807, 2.05) is 11.0 Å². The minimum atomic E-state index is -0.636. The monoisotopic (exact) mass is 437 g/mol. The number of piperidine rings is 1. The Kier molecular flexibility index (Phi) is 4.33. The number of benzene rings is 1. The van der Waals surface area contributed by atoms with Gasteiger partial charge < -0.3 is 15.1 Å². The second-order valence-electron chi connectivity index (χ2n) is 9.88. The van der Waals surface area contributed by atoms with Gasteiger partial charge in [0.25, 0.3) is 5.91 Å². The van der Waals surface area contributed by atoms with E-state index in [2.05, 4.69) is 15.5 Å². The summed E-state index contributed by atoms with van der Waals surface area (Å²) in [7, 11) is 0. The number of imide groups is 1. The Balaban J connectivity index is 1.08. The van der Waals surface area contributed by atoms with E-state index < -0.39 is 11.9 Å². The lowest BCUT2D eigenvalue weighted by Gasteiger charge is -2.67. The van der Waals surface area contributed by atoms with Gasteiger partial charge in [0.1, 0.15) is 6.04 Å². The molecule has 9 heteroatoms. The number of carbonyl (C=O) groups excluding carboxylic acids is 4. The molecule has 1 atom stereocenters. The number of fused-ring (bicyclic) bond motifs is 1. The number of amides is 5. The van der Waals surface area contributed by atoms with E-state index in [9.17, 15) is 19.2 Å². The summed E-state index contributed by atoms with van der Waals surface area (Å²) in [6.07, 6.45) is 4.57. The van der Waals surface area contributed by atoms with Crippen molar-refractivity contribution in [3.05, 3.63) is 29.3 Å². The molecule has 5 fully saturated rings. The van der Waals surface area contributed by atoms with Crippen LogP contribution in [0.4, 0.5) is 10.5 Å². The number of urea groups is 1. The lowest BCUT2D eigenvalue weighted by Crippen LogP contribution is -2.71. The summed E-state index contributed by atoms with van der Waals surface area (Å²) in [5, 5.41) is 5.28. The van der Waals surface area contributed by atoms with Crippen LogP contribution in [-0.2, 0) is 16.1 Å². The predicted octanol–water partition coefficient (Wildman–Crippen LogP) is 1.15. The van der Waals surface area contributed by atoms with E-state index in [1.54, 1.807) is 12.1 Å². The second kappa shape index (κ2) is 7.03. The fourth-order valence-electron chi connectivity index (χ4n) is 6.06. The third kappa shape index (κ3) is 3.02. The molecule has 9 nitrogen and oxygen atoms in total. The van der Waals surface area contributed by atoms with Gasteiger partial charge in [0.05, 0.1) is 0 Å². The van der Waals surface area contributed by atoms with Crippen LogP contribution in [0.2, 0.25) is 0 Å². The Morgan fingerprint density at radius 1 is 1.06 bits per heavy atom. The highest BCUT2D eigenvalue weighted by Gasteiger charge is 2.59. The smallest absolute Gasteiger partial charge is 0.321 e. The first-order valence-corrected chi connectivity index (χ1v) is 11.5. The molecule has 0 spiro atoms. The number of hydrogen-bond acceptors (Lipinski definition) is 5. The summed E-state index contributed by atoms with van der Waals surface area (Å²) in [5.41, 5.74) is 2.42. The standard InChI is InChI=1S/C23H27N5O4/c29-19-4-3-18(20(30)25-19)28-13-15-9-16(1-2-17(15)21(28)31)24-22(32)26-5-7-27(8-6-26)23-10-14(11-23)12-23/h1-2,9,14,18H,3-8,10-13H2,(H,24,32)(H,25,29,30). The highest BCUT2D eigenvalue weighted by Crippen LogP contribution is 2.60. The third-order valence-corrected chi connectivity index (χ3v) is 8.02. The van der Waals surface area contributed by atoms with E-state index in [1.165, 1.54) is 24.2 Å². The molecule has 7 rings (SSSR count). The molecule has 5 amide bonds. The van der Waals surface area contributed by atoms with Crippen LogP contribution < -0.4 is 10.6 Å². The van der Waals surface area contributed by atoms with Gasteiger partial charge in [0, 0.05) is 55.9 Å². The zero-order valence-corrected chi connectivity index (χ0v) is 17.9. The van der Waals surface area contributed by atoms with Crippen molar-refractivity contribution in [2.24, 2.45) is 5.92 Å². The number of anilines is 1. The molecule has 0 aromatic heterocycles. The SMILES string of the molecule is O=C1CCC(N2Cc3cc(NC(=O)N4CCN(C56CC(C5)C6)CC4)ccc3C2=O)C(=O)N1. The van der Waals surface area contributed by atoms with Crippen LogP contribution in [0, 0.1) is 5.92 Å². The average molecular weight is 438 g/mol. The van der Waals surface area contributed by atoms with Crippen LogP contribution in [0.3, 0.4) is 0 Å². The van der Waals surface area contributed by atoms with Crippen molar-refractivity contribution in [2.75, 3.05) is 31.5 Å². The zero-order chi connectivity index (χ0) is 22.0. The predicted molar refractivity (Wildman–Crippen MR) is 115 cm³/mol. The number of rotatable bonds is 3. The van der Waals surface area contributed by atoms with Gasteiger partial charge >= 0.3 is 6.03 Å². The summed E-state index contributed by atoms with van der Waals surface area (Å²) in [5.74, 6) is 0.0189. The molecule has 3 aliphatic carbocycles. The van der Waals surface area contributed by atoms with Gasteiger partial charge in [-0.2, -0.15) is 0 Å². The zero-order valence-electron chi connectivity index (χ0n) is 17.9. The van der Waals surface area contributed by atoms with E-state index in [-0.39, 0.29) is 24.3 Å². The van der Waals surface area contributed by atoms with Gasteiger partial charge in [-0.1, -0.05) is 0 Å². The first kappa shape index (κ1) is 19.7. The van der Waals surface area contributed by atoms with Crippen LogP contribution in [-0.4, -0.2) is 76.2 Å². The molecule has 2 saturated heterocycles. The molecule has 2 bridgehead atoms. The van der Waals surface area contributed by atoms with Gasteiger partial charge in [-0.3, -0.25) is 24.6 Å². The minimum Gasteiger partial charge on any atom is -0.322 e. The Morgan fingerprint density at radius 3 is 2.47 bits per heavy atom. The average Bonchev–Trinajstić information content (AvgIpc) is 3.02. The number of piperazine rings is 1. The maximum absolute atomic E-state index is 12.8. The number of nitrogens with zero attached hydrogens (tertiary/aromatic N) is 3. The van der Waals surface area contributed by atoms with Crippen molar-refractivity contribution in [1.82, 2.24) is 20.0 Å². The fraction of sp³-hybridized carbons (Fsp3) is 0.565. The molecule has 3 heterocycles. The van der Waals surface area contributed by atoms with Crippen molar-refractivity contribution in [2.45, 2.75) is 50.2 Å². The lowest BCUT2D eigenvalue weighted by atomic mass is 9.49. The molecule has 1 aromatic rings. The summed E-state index contributed by atoms with van der Waals surface area (Å²) in [6, 6.07) is 4.51. The number of carbonyl (C=O) groups is 4. The quantitative estimate of drug-likeness (QED) is 0.691. The Bertz CT molecular complexity index is 1010. The largest absolute Gasteiger partial charge is 0.322 e. The van der Waals surface area contributed by atoms with Gasteiger partial charge in [0.2, 0.25) is 11.8 Å². The van der Waals surface area contributed by atoms with E-state index >= 15 is 0 Å². The third-order valence-electron chi connectivity index (χ3n) is 8.02. The first-order valence-electron chi connectivity index (χ1n) is 11.5. The van der Waals surface area contributed by atoms with Gasteiger partial charge in [0.15, 0.2) is 0 Å². The van der Waals surface area contributed by atoms with Gasteiger partial charge in [-0.15, -0.1) is 0 Å². The summed E-state index contributed by atoms with van der Waals surface area (Å²) in [6.45, 7) is 3.61. The van der Waals surface area contributed by atoms with Crippen molar-refractivity contribution in [3.8, 4) is 0 Å². The van der Waals surface area contributed by atoms with Crippen molar-refractivity contribution >= 4 is 29.4 Å². The van der Waals surface area contributed by atoms with E-state index in [0.717, 1.165) is 37.7 Å². The van der Waals surface area contributed by atoms with Crippen molar-refractivity contribution in [3.63, 3.8) is 0 Å². The molecule has 32 heavy (non-hydrogen) atoms. The molecule has 1 aromatic carbocycles. The number of nitrogens with one attached hydrogen (secondary N) is 2. The van der Waals surface area contributed by atoms with Gasteiger partial charge in [-0.25, -0.2) is 4.79 Å². The van der Waals surface area contributed by atoms with Crippen molar-refractivity contribution < 1.29 is 19.2 Å². The molecule has 0 radical (unpaired) electrons. The molecular formula is C23H27N5O4. The molecule has 168 valence electrons. The maximum Gasteiger partial charge on any atom is 0.321 e. The topological polar surface area (TPSA) is 102 Å². The Labute approximate surface area is 186 Å². The molecule has 2 N–H and O–H groups in total. The van der Waals surface area contributed by atoms with Crippen LogP contribution in [0.25, 0.3) is 0 Å². The summed E-state index contributed by atoms with van der Waals surface area (Å²) in [4.78, 5) is 55.2. The molecule has 6 aliphatic rings. The molecule has 3 aliphatic heterocycles. The maximum atomic E-state index is 12.8. The normalized spacial score (nSPS) is 31.6. The summed E-state index contributed by atoms with van der Waals surface area (Å²) < 4.78 is 0. The Hall–Kier alpha value is -2.94. The summed E-state index contributed by atoms with van der Waals surface area (Å²) >= 11 is 0. The fourth-order valence-corrected chi connectivity index (χ4v) is 6.06. The van der Waals surface area contributed by atoms with Crippen LogP contribution in [0.5, 0.6) is 0 Å². The molecular weight excluding hydrogens is 410 g/mol. The highest BCUT2D eigenvalue weighted by molar-refractivity contribution is 6.05. The first-order chi connectivity index (χ1) is 15.4. The van der Waals surface area contributed by atoms with Crippen LogP contribution >= 0.6 is 0 Å². The van der Waals surface area contributed by atoms with Crippen molar-refractivity contribution in [1.29, 1.82) is 0 Å².